The van der Waals surface area contributed by atoms with Gasteiger partial charge in [0.15, 0.2) is 0 Å². The summed E-state index contributed by atoms with van der Waals surface area (Å²) in [7, 11) is 0. The first-order valence-corrected chi connectivity index (χ1v) is 7.17. The fourth-order valence-electron chi connectivity index (χ4n) is 2.08. The highest BCUT2D eigenvalue weighted by Gasteiger charge is 2.11. The van der Waals surface area contributed by atoms with Crippen LogP contribution in [0.1, 0.15) is 38.2 Å². The van der Waals surface area contributed by atoms with Gasteiger partial charge < -0.3 is 10.0 Å². The van der Waals surface area contributed by atoms with Crippen molar-refractivity contribution < 1.29 is 14.7 Å². The molecule has 110 valence electrons. The average molecular weight is 277 g/mol. The summed E-state index contributed by atoms with van der Waals surface area (Å²) in [6.45, 7) is 3.39. The molecule has 0 aliphatic carbocycles. The van der Waals surface area contributed by atoms with Crippen molar-refractivity contribution in [3.8, 4) is 0 Å². The van der Waals surface area contributed by atoms with Crippen molar-refractivity contribution in [1.29, 1.82) is 0 Å². The minimum absolute atomic E-state index is 0.119. The topological polar surface area (TPSA) is 57.6 Å². The van der Waals surface area contributed by atoms with Gasteiger partial charge in [-0.25, -0.2) is 0 Å². The van der Waals surface area contributed by atoms with E-state index in [9.17, 15) is 9.59 Å². The number of benzene rings is 1. The molecule has 0 unspecified atom stereocenters. The Morgan fingerprint density at radius 1 is 1.10 bits per heavy atom. The van der Waals surface area contributed by atoms with Crippen LogP contribution in [0.15, 0.2) is 30.3 Å². The zero-order valence-corrected chi connectivity index (χ0v) is 12.0. The second-order valence-corrected chi connectivity index (χ2v) is 4.81. The van der Waals surface area contributed by atoms with Crippen LogP contribution in [0.25, 0.3) is 0 Å². The molecule has 1 aromatic carbocycles. The van der Waals surface area contributed by atoms with Gasteiger partial charge >= 0.3 is 5.97 Å². The summed E-state index contributed by atoms with van der Waals surface area (Å²) in [4.78, 5) is 24.3. The highest BCUT2D eigenvalue weighted by molar-refractivity contribution is 5.76. The second kappa shape index (κ2) is 9.13. The number of carboxylic acids is 1. The lowest BCUT2D eigenvalue weighted by Crippen LogP contribution is -2.32. The molecule has 0 aromatic heterocycles. The molecule has 0 aliphatic rings. The zero-order chi connectivity index (χ0) is 14.8. The van der Waals surface area contributed by atoms with Gasteiger partial charge in [0.25, 0.3) is 0 Å². The summed E-state index contributed by atoms with van der Waals surface area (Å²) >= 11 is 0. The molecule has 1 rings (SSSR count). The molecule has 0 radical (unpaired) electrons. The van der Waals surface area contributed by atoms with Crippen LogP contribution in [0.5, 0.6) is 0 Å². The average Bonchev–Trinajstić information content (AvgIpc) is 2.45. The zero-order valence-electron chi connectivity index (χ0n) is 12.0. The van der Waals surface area contributed by atoms with E-state index in [1.165, 1.54) is 5.56 Å². The molecular formula is C16H23NO3. The van der Waals surface area contributed by atoms with Crippen LogP contribution < -0.4 is 0 Å². The minimum atomic E-state index is -0.797. The number of aliphatic carboxylic acids is 1. The van der Waals surface area contributed by atoms with Crippen LogP contribution >= 0.6 is 0 Å². The number of carbonyl (C=O) groups excluding carboxylic acids is 1. The number of rotatable bonds is 9. The minimum Gasteiger partial charge on any atom is -0.481 e. The van der Waals surface area contributed by atoms with Gasteiger partial charge in [-0.15, -0.1) is 0 Å². The SMILES string of the molecule is CCN(CCc1ccccc1)C(=O)CCCCC(=O)O. The molecule has 0 saturated carbocycles. The Bertz CT molecular complexity index is 417. The van der Waals surface area contributed by atoms with Gasteiger partial charge in [-0.2, -0.15) is 0 Å². The maximum atomic E-state index is 12.0. The van der Waals surface area contributed by atoms with E-state index in [4.69, 9.17) is 5.11 Å². The van der Waals surface area contributed by atoms with Crippen molar-refractivity contribution in [3.63, 3.8) is 0 Å². The van der Waals surface area contributed by atoms with E-state index in [1.54, 1.807) is 0 Å². The van der Waals surface area contributed by atoms with Crippen LogP contribution in [-0.2, 0) is 16.0 Å². The number of likely N-dealkylation sites (N-methyl/N-ethyl adjacent to an activating group) is 1. The monoisotopic (exact) mass is 277 g/mol. The molecule has 4 heteroatoms. The first kappa shape index (κ1) is 16.2. The molecule has 0 bridgehead atoms. The first-order valence-electron chi connectivity index (χ1n) is 7.17. The van der Waals surface area contributed by atoms with Crippen molar-refractivity contribution in [2.75, 3.05) is 13.1 Å². The molecule has 1 N–H and O–H groups in total. The van der Waals surface area contributed by atoms with Crippen molar-refractivity contribution in [2.24, 2.45) is 0 Å². The fraction of sp³-hybridized carbons (Fsp3) is 0.500. The van der Waals surface area contributed by atoms with Gasteiger partial charge in [0, 0.05) is 25.9 Å². The second-order valence-electron chi connectivity index (χ2n) is 4.81. The lowest BCUT2D eigenvalue weighted by atomic mass is 10.1. The largest absolute Gasteiger partial charge is 0.481 e. The Kier molecular flexibility index (Phi) is 7.40. The van der Waals surface area contributed by atoms with Gasteiger partial charge in [0.05, 0.1) is 0 Å². The summed E-state index contributed by atoms with van der Waals surface area (Å²) < 4.78 is 0. The van der Waals surface area contributed by atoms with Crippen molar-refractivity contribution in [1.82, 2.24) is 4.90 Å². The summed E-state index contributed by atoms with van der Waals surface area (Å²) in [5, 5.41) is 8.55. The number of hydrogen-bond acceptors (Lipinski definition) is 2. The molecule has 0 saturated heterocycles. The molecule has 0 spiro atoms. The Morgan fingerprint density at radius 3 is 2.35 bits per heavy atom. The Labute approximate surface area is 120 Å². The van der Waals surface area contributed by atoms with E-state index in [1.807, 2.05) is 30.0 Å². The van der Waals surface area contributed by atoms with Crippen LogP contribution in [0.3, 0.4) is 0 Å². The van der Waals surface area contributed by atoms with Crippen molar-refractivity contribution in [3.05, 3.63) is 35.9 Å². The Hall–Kier alpha value is -1.84. The summed E-state index contributed by atoms with van der Waals surface area (Å²) in [5.74, 6) is -0.678. The van der Waals surface area contributed by atoms with Crippen molar-refractivity contribution >= 4 is 11.9 Å². The number of carbonyl (C=O) groups is 2. The number of amides is 1. The molecule has 0 heterocycles. The third-order valence-electron chi connectivity index (χ3n) is 3.28. The van der Waals surface area contributed by atoms with Crippen molar-refractivity contribution in [2.45, 2.75) is 39.0 Å². The smallest absolute Gasteiger partial charge is 0.303 e. The van der Waals surface area contributed by atoms with Gasteiger partial charge in [0.1, 0.15) is 0 Å². The van der Waals surface area contributed by atoms with Gasteiger partial charge in [-0.1, -0.05) is 30.3 Å². The maximum Gasteiger partial charge on any atom is 0.303 e. The van der Waals surface area contributed by atoms with E-state index in [-0.39, 0.29) is 12.3 Å². The van der Waals surface area contributed by atoms with E-state index in [0.717, 1.165) is 13.0 Å². The van der Waals surface area contributed by atoms with E-state index in [0.29, 0.717) is 25.8 Å². The number of nitrogens with zero attached hydrogens (tertiary/aromatic N) is 1. The Balaban J connectivity index is 2.30. The van der Waals surface area contributed by atoms with Gasteiger partial charge in [0.2, 0.25) is 5.91 Å². The third kappa shape index (κ3) is 6.36. The standard InChI is InChI=1S/C16H23NO3/c1-2-17(13-12-14-8-4-3-5-9-14)15(18)10-6-7-11-16(19)20/h3-5,8-9H,2,6-7,10-13H2,1H3,(H,19,20). The summed E-state index contributed by atoms with van der Waals surface area (Å²) in [6, 6.07) is 10.1. The highest BCUT2D eigenvalue weighted by atomic mass is 16.4. The lowest BCUT2D eigenvalue weighted by molar-refractivity contribution is -0.137. The molecule has 20 heavy (non-hydrogen) atoms. The van der Waals surface area contributed by atoms with Crippen LogP contribution in [0.4, 0.5) is 0 Å². The quantitative estimate of drug-likeness (QED) is 0.706. The molecule has 0 atom stereocenters. The highest BCUT2D eigenvalue weighted by Crippen LogP contribution is 2.06. The number of carboxylic acid groups (broad SMARTS) is 1. The number of unbranched alkanes of at least 4 members (excludes halogenated alkanes) is 1. The van der Waals surface area contributed by atoms with Crippen LogP contribution in [0.2, 0.25) is 0 Å². The first-order chi connectivity index (χ1) is 9.63. The Morgan fingerprint density at radius 2 is 1.75 bits per heavy atom. The summed E-state index contributed by atoms with van der Waals surface area (Å²) in [5.41, 5.74) is 1.23. The number of hydrogen-bond donors (Lipinski definition) is 1. The lowest BCUT2D eigenvalue weighted by Gasteiger charge is -2.21. The summed E-state index contributed by atoms with van der Waals surface area (Å²) in [6.07, 6.45) is 2.65. The normalized spacial score (nSPS) is 10.2. The molecule has 1 amide bonds. The maximum absolute atomic E-state index is 12.0. The molecule has 4 nitrogen and oxygen atoms in total. The van der Waals surface area contributed by atoms with E-state index in [2.05, 4.69) is 12.1 Å². The van der Waals surface area contributed by atoms with E-state index >= 15 is 0 Å². The third-order valence-corrected chi connectivity index (χ3v) is 3.28. The van der Waals surface area contributed by atoms with Gasteiger partial charge in [-0.05, 0) is 31.7 Å². The molecule has 0 aliphatic heterocycles. The fourth-order valence-corrected chi connectivity index (χ4v) is 2.08. The predicted octanol–water partition coefficient (Wildman–Crippen LogP) is 2.72. The van der Waals surface area contributed by atoms with Crippen LogP contribution in [0, 0.1) is 0 Å². The molecule has 0 fully saturated rings. The van der Waals surface area contributed by atoms with Crippen LogP contribution in [-0.4, -0.2) is 35.0 Å². The molecular weight excluding hydrogens is 254 g/mol. The predicted molar refractivity (Wildman–Crippen MR) is 78.5 cm³/mol. The van der Waals surface area contributed by atoms with E-state index < -0.39 is 5.97 Å². The molecule has 1 aromatic rings. The van der Waals surface area contributed by atoms with Gasteiger partial charge in [-0.3, -0.25) is 9.59 Å².